The van der Waals surface area contributed by atoms with Crippen LogP contribution in [0.4, 0.5) is 0 Å². The molecule has 0 aromatic rings. The van der Waals surface area contributed by atoms with E-state index in [-0.39, 0.29) is 11.7 Å². The number of aldehydes is 1. The minimum atomic E-state index is -0.355. The summed E-state index contributed by atoms with van der Waals surface area (Å²) in [7, 11) is 0. The zero-order valence-corrected chi connectivity index (χ0v) is 9.60. The second-order valence-corrected chi connectivity index (χ2v) is 4.90. The number of fused-ring (bicyclic) bond motifs is 1. The molecular formula is C13H19NO2. The monoisotopic (exact) mass is 221 g/mol. The Labute approximate surface area is 96.5 Å². The first-order chi connectivity index (χ1) is 7.76. The lowest BCUT2D eigenvalue weighted by Gasteiger charge is -2.44. The highest BCUT2D eigenvalue weighted by molar-refractivity contribution is 5.94. The number of likely N-dealkylation sites (tertiary alicyclic amines) is 1. The highest BCUT2D eigenvalue weighted by atomic mass is 16.1. The number of Topliss-reactive ketones (excluding diaryl/α,β-unsaturated/α-hetero) is 1. The smallest absolute Gasteiger partial charge is 0.143 e. The average Bonchev–Trinajstić information content (AvgIpc) is 2.29. The van der Waals surface area contributed by atoms with E-state index in [9.17, 15) is 9.59 Å². The highest BCUT2D eigenvalue weighted by Crippen LogP contribution is 2.35. The zero-order chi connectivity index (χ0) is 11.5. The van der Waals surface area contributed by atoms with Gasteiger partial charge < -0.3 is 4.79 Å². The number of carbonyl (C=O) groups is 2. The number of ketones is 1. The molecule has 0 spiro atoms. The van der Waals surface area contributed by atoms with E-state index in [1.54, 1.807) is 0 Å². The SMILES string of the molecule is C=CCN1CCC[C@H]2CC(=O)C(C=O)C[C@@H]21. The standard InChI is InChI=1S/C13H19NO2/c1-2-5-14-6-3-4-10-8-13(16)11(9-15)7-12(10)14/h2,9-12H,1,3-8H2/t10-,11?,12-/m0/s1. The van der Waals surface area contributed by atoms with Gasteiger partial charge in [-0.25, -0.2) is 0 Å². The molecule has 3 nitrogen and oxygen atoms in total. The van der Waals surface area contributed by atoms with Gasteiger partial charge in [0.05, 0.1) is 5.92 Å². The van der Waals surface area contributed by atoms with Crippen molar-refractivity contribution >= 4 is 12.1 Å². The largest absolute Gasteiger partial charge is 0.303 e. The Morgan fingerprint density at radius 1 is 1.50 bits per heavy atom. The quantitative estimate of drug-likeness (QED) is 0.411. The molecule has 3 atom stereocenters. The summed E-state index contributed by atoms with van der Waals surface area (Å²) in [4.78, 5) is 24.9. The van der Waals surface area contributed by atoms with Gasteiger partial charge in [-0.15, -0.1) is 6.58 Å². The molecule has 0 aromatic carbocycles. The number of hydrogen-bond acceptors (Lipinski definition) is 3. The van der Waals surface area contributed by atoms with E-state index in [0.29, 0.717) is 18.4 Å². The maximum absolute atomic E-state index is 11.7. The van der Waals surface area contributed by atoms with Crippen LogP contribution in [0.1, 0.15) is 25.7 Å². The Morgan fingerprint density at radius 3 is 3.00 bits per heavy atom. The molecule has 1 aliphatic heterocycles. The van der Waals surface area contributed by atoms with Gasteiger partial charge in [-0.1, -0.05) is 6.08 Å². The molecule has 0 radical (unpaired) electrons. The van der Waals surface area contributed by atoms with Crippen molar-refractivity contribution in [2.75, 3.05) is 13.1 Å². The molecule has 1 heterocycles. The molecule has 16 heavy (non-hydrogen) atoms. The summed E-state index contributed by atoms with van der Waals surface area (Å²) < 4.78 is 0. The Morgan fingerprint density at radius 2 is 2.31 bits per heavy atom. The first-order valence-electron chi connectivity index (χ1n) is 6.09. The lowest BCUT2D eigenvalue weighted by Crippen LogP contribution is -2.50. The van der Waals surface area contributed by atoms with E-state index in [2.05, 4.69) is 11.5 Å². The third-order valence-electron chi connectivity index (χ3n) is 3.93. The Bertz CT molecular complexity index is 294. The summed E-state index contributed by atoms with van der Waals surface area (Å²) in [5.74, 6) is 0.265. The summed E-state index contributed by atoms with van der Waals surface area (Å²) >= 11 is 0. The van der Waals surface area contributed by atoms with Gasteiger partial charge in [-0.3, -0.25) is 9.69 Å². The van der Waals surface area contributed by atoms with Crippen LogP contribution in [0.25, 0.3) is 0 Å². The normalized spacial score (nSPS) is 35.5. The van der Waals surface area contributed by atoms with E-state index >= 15 is 0 Å². The second-order valence-electron chi connectivity index (χ2n) is 4.90. The van der Waals surface area contributed by atoms with Crippen molar-refractivity contribution < 1.29 is 9.59 Å². The number of hydrogen-bond donors (Lipinski definition) is 0. The Kier molecular flexibility index (Phi) is 3.54. The van der Waals surface area contributed by atoms with E-state index in [0.717, 1.165) is 38.6 Å². The van der Waals surface area contributed by atoms with Crippen LogP contribution in [0, 0.1) is 11.8 Å². The third kappa shape index (κ3) is 2.09. The van der Waals surface area contributed by atoms with Crippen molar-refractivity contribution in [1.29, 1.82) is 0 Å². The van der Waals surface area contributed by atoms with Crippen molar-refractivity contribution in [2.24, 2.45) is 11.8 Å². The second kappa shape index (κ2) is 4.91. The van der Waals surface area contributed by atoms with Crippen molar-refractivity contribution in [3.63, 3.8) is 0 Å². The Balaban J connectivity index is 2.09. The maximum atomic E-state index is 11.7. The lowest BCUT2D eigenvalue weighted by molar-refractivity contribution is -0.133. The van der Waals surface area contributed by atoms with Crippen molar-refractivity contribution in [2.45, 2.75) is 31.7 Å². The van der Waals surface area contributed by atoms with Gasteiger partial charge in [-0.2, -0.15) is 0 Å². The zero-order valence-electron chi connectivity index (χ0n) is 9.60. The fourth-order valence-corrected chi connectivity index (χ4v) is 3.12. The molecule has 2 fully saturated rings. The van der Waals surface area contributed by atoms with E-state index < -0.39 is 0 Å². The number of rotatable bonds is 3. The van der Waals surface area contributed by atoms with Gasteiger partial charge in [0, 0.05) is 19.0 Å². The first kappa shape index (κ1) is 11.5. The summed E-state index contributed by atoms with van der Waals surface area (Å²) in [6.07, 6.45) is 6.36. The summed E-state index contributed by atoms with van der Waals surface area (Å²) in [6.45, 7) is 5.72. The molecule has 3 heteroatoms. The van der Waals surface area contributed by atoms with Gasteiger partial charge in [0.1, 0.15) is 12.1 Å². The fourth-order valence-electron chi connectivity index (χ4n) is 3.12. The highest BCUT2D eigenvalue weighted by Gasteiger charge is 2.40. The van der Waals surface area contributed by atoms with Crippen LogP contribution in [0.2, 0.25) is 0 Å². The number of nitrogens with zero attached hydrogens (tertiary/aromatic N) is 1. The molecule has 0 amide bonds. The van der Waals surface area contributed by atoms with Crippen LogP contribution < -0.4 is 0 Å². The molecule has 1 saturated carbocycles. The lowest BCUT2D eigenvalue weighted by atomic mass is 9.73. The van der Waals surface area contributed by atoms with Crippen molar-refractivity contribution in [3.8, 4) is 0 Å². The van der Waals surface area contributed by atoms with Crippen molar-refractivity contribution in [3.05, 3.63) is 12.7 Å². The van der Waals surface area contributed by atoms with E-state index in [4.69, 9.17) is 0 Å². The van der Waals surface area contributed by atoms with Crippen LogP contribution in [-0.4, -0.2) is 36.1 Å². The minimum absolute atomic E-state index is 0.150. The van der Waals surface area contributed by atoms with Gasteiger partial charge in [-0.05, 0) is 31.7 Å². The summed E-state index contributed by atoms with van der Waals surface area (Å²) in [5, 5.41) is 0. The predicted molar refractivity (Wildman–Crippen MR) is 62.1 cm³/mol. The third-order valence-corrected chi connectivity index (χ3v) is 3.93. The van der Waals surface area contributed by atoms with E-state index in [1.165, 1.54) is 0 Å². The molecule has 88 valence electrons. The van der Waals surface area contributed by atoms with Crippen LogP contribution in [-0.2, 0) is 9.59 Å². The minimum Gasteiger partial charge on any atom is -0.303 e. The van der Waals surface area contributed by atoms with Gasteiger partial charge in [0.25, 0.3) is 0 Å². The van der Waals surface area contributed by atoms with Crippen LogP contribution in [0.15, 0.2) is 12.7 Å². The topological polar surface area (TPSA) is 37.4 Å². The van der Waals surface area contributed by atoms with E-state index in [1.807, 2.05) is 6.08 Å². The van der Waals surface area contributed by atoms with Gasteiger partial charge >= 0.3 is 0 Å². The summed E-state index contributed by atoms with van der Waals surface area (Å²) in [5.41, 5.74) is 0. The molecule has 2 aliphatic rings. The molecule has 1 saturated heterocycles. The molecule has 0 N–H and O–H groups in total. The van der Waals surface area contributed by atoms with Gasteiger partial charge in [0.15, 0.2) is 0 Å². The van der Waals surface area contributed by atoms with Crippen molar-refractivity contribution in [1.82, 2.24) is 4.90 Å². The predicted octanol–water partition coefficient (Wildman–Crippen LogP) is 1.43. The number of piperidine rings is 1. The molecule has 1 aliphatic carbocycles. The maximum Gasteiger partial charge on any atom is 0.143 e. The molecule has 0 bridgehead atoms. The summed E-state index contributed by atoms with van der Waals surface area (Å²) in [6, 6.07) is 0.416. The van der Waals surface area contributed by atoms with Gasteiger partial charge in [0.2, 0.25) is 0 Å². The van der Waals surface area contributed by atoms with Crippen LogP contribution in [0.3, 0.4) is 0 Å². The molecular weight excluding hydrogens is 202 g/mol. The Hall–Kier alpha value is -0.960. The molecule has 1 unspecified atom stereocenters. The number of carbonyl (C=O) groups excluding carboxylic acids is 2. The molecule has 2 rings (SSSR count). The molecule has 0 aromatic heterocycles. The fraction of sp³-hybridized carbons (Fsp3) is 0.692. The average molecular weight is 221 g/mol. The first-order valence-corrected chi connectivity index (χ1v) is 6.09. The van der Waals surface area contributed by atoms with Crippen LogP contribution in [0.5, 0.6) is 0 Å². The van der Waals surface area contributed by atoms with Crippen LogP contribution >= 0.6 is 0 Å².